The van der Waals surface area contributed by atoms with Crippen molar-refractivity contribution >= 4 is 11.6 Å². The number of esters is 1. The van der Waals surface area contributed by atoms with E-state index >= 15 is 0 Å². The van der Waals surface area contributed by atoms with E-state index in [2.05, 4.69) is 9.97 Å². The molecule has 3 aromatic heterocycles. The number of benzene rings is 1. The Morgan fingerprint density at radius 3 is 2.55 bits per heavy atom. The van der Waals surface area contributed by atoms with Crippen molar-refractivity contribution in [3.05, 3.63) is 99.7 Å². The first-order chi connectivity index (χ1) is 14.0. The maximum Gasteiger partial charge on any atom is 0.340 e. The summed E-state index contributed by atoms with van der Waals surface area (Å²) < 4.78 is 6.85. The summed E-state index contributed by atoms with van der Waals surface area (Å²) in [6.45, 7) is 3.59. The van der Waals surface area contributed by atoms with E-state index in [9.17, 15) is 9.59 Å². The third-order valence-corrected chi connectivity index (χ3v) is 4.59. The number of ether oxygens (including phenoxy) is 1. The van der Waals surface area contributed by atoms with Gasteiger partial charge in [0.1, 0.15) is 12.3 Å². The molecule has 6 nitrogen and oxygen atoms in total. The maximum atomic E-state index is 12.5. The second-order valence-electron chi connectivity index (χ2n) is 6.79. The van der Waals surface area contributed by atoms with Gasteiger partial charge in [-0.1, -0.05) is 36.4 Å². The van der Waals surface area contributed by atoms with Crippen molar-refractivity contribution in [3.63, 3.8) is 0 Å². The highest BCUT2D eigenvalue weighted by Crippen LogP contribution is 2.19. The summed E-state index contributed by atoms with van der Waals surface area (Å²) in [6.07, 6.45) is 1.73. The van der Waals surface area contributed by atoms with Gasteiger partial charge in [-0.25, -0.2) is 9.78 Å². The molecule has 144 valence electrons. The number of rotatable bonds is 4. The molecule has 4 aromatic rings. The van der Waals surface area contributed by atoms with E-state index in [4.69, 9.17) is 4.74 Å². The molecule has 6 heteroatoms. The van der Waals surface area contributed by atoms with E-state index in [-0.39, 0.29) is 12.2 Å². The van der Waals surface area contributed by atoms with Crippen LogP contribution >= 0.6 is 0 Å². The molecular weight excluding hydrogens is 366 g/mol. The number of fused-ring (bicyclic) bond motifs is 1. The van der Waals surface area contributed by atoms with Crippen LogP contribution in [0, 0.1) is 13.8 Å². The Labute approximate surface area is 167 Å². The van der Waals surface area contributed by atoms with Crippen LogP contribution in [0.1, 0.15) is 27.3 Å². The molecule has 0 aliphatic heterocycles. The van der Waals surface area contributed by atoms with Crippen LogP contribution in [-0.4, -0.2) is 20.3 Å². The molecule has 29 heavy (non-hydrogen) atoms. The average molecular weight is 385 g/mol. The molecule has 0 fully saturated rings. The Balaban J connectivity index is 1.52. The molecule has 0 spiro atoms. The summed E-state index contributed by atoms with van der Waals surface area (Å²) >= 11 is 0. The van der Waals surface area contributed by atoms with Crippen molar-refractivity contribution in [1.82, 2.24) is 14.4 Å². The molecule has 0 saturated carbocycles. The smallest absolute Gasteiger partial charge is 0.340 e. The Morgan fingerprint density at radius 2 is 1.79 bits per heavy atom. The van der Waals surface area contributed by atoms with Crippen LogP contribution in [0.2, 0.25) is 0 Å². The quantitative estimate of drug-likeness (QED) is 0.501. The highest BCUT2D eigenvalue weighted by molar-refractivity contribution is 5.90. The van der Waals surface area contributed by atoms with Crippen LogP contribution < -0.4 is 5.56 Å². The maximum absolute atomic E-state index is 12.5. The van der Waals surface area contributed by atoms with Crippen molar-refractivity contribution in [3.8, 4) is 11.3 Å². The van der Waals surface area contributed by atoms with Crippen LogP contribution in [0.15, 0.2) is 71.7 Å². The molecule has 0 bridgehead atoms. The van der Waals surface area contributed by atoms with Crippen molar-refractivity contribution in [2.75, 3.05) is 0 Å². The summed E-state index contributed by atoms with van der Waals surface area (Å²) in [4.78, 5) is 33.7. The lowest BCUT2D eigenvalue weighted by molar-refractivity contribution is 0.0466. The fraction of sp³-hybridized carbons (Fsp3) is 0.130. The molecular formula is C23H19N3O3. The number of aryl methyl sites for hydroxylation is 2. The van der Waals surface area contributed by atoms with Crippen molar-refractivity contribution < 1.29 is 9.53 Å². The van der Waals surface area contributed by atoms with E-state index in [1.54, 1.807) is 31.3 Å². The lowest BCUT2D eigenvalue weighted by Gasteiger charge is -2.09. The van der Waals surface area contributed by atoms with Crippen molar-refractivity contribution in [2.45, 2.75) is 20.5 Å². The van der Waals surface area contributed by atoms with Crippen LogP contribution in [0.25, 0.3) is 16.9 Å². The first-order valence-corrected chi connectivity index (χ1v) is 9.20. The molecule has 0 radical (unpaired) electrons. The van der Waals surface area contributed by atoms with E-state index in [1.165, 1.54) is 10.5 Å². The number of hydrogen-bond acceptors (Lipinski definition) is 5. The number of hydrogen-bond donors (Lipinski definition) is 0. The van der Waals surface area contributed by atoms with Gasteiger partial charge in [0.05, 0.1) is 22.6 Å². The Morgan fingerprint density at radius 1 is 1.00 bits per heavy atom. The number of pyridine rings is 2. The lowest BCUT2D eigenvalue weighted by atomic mass is 10.1. The third-order valence-electron chi connectivity index (χ3n) is 4.59. The number of carbonyl (C=O) groups is 1. The molecule has 3 heterocycles. The van der Waals surface area contributed by atoms with Gasteiger partial charge >= 0.3 is 5.97 Å². The van der Waals surface area contributed by atoms with Crippen molar-refractivity contribution in [1.29, 1.82) is 0 Å². The Hall–Kier alpha value is -3.80. The summed E-state index contributed by atoms with van der Waals surface area (Å²) in [6, 6.07) is 18.3. The highest BCUT2D eigenvalue weighted by atomic mass is 16.5. The Bertz CT molecular complexity index is 1260. The van der Waals surface area contributed by atoms with Crippen LogP contribution in [0.4, 0.5) is 0 Å². The van der Waals surface area contributed by atoms with Crippen molar-refractivity contribution in [2.24, 2.45) is 0 Å². The van der Waals surface area contributed by atoms with Gasteiger partial charge < -0.3 is 4.74 Å². The van der Waals surface area contributed by atoms with Gasteiger partial charge in [-0.3, -0.25) is 14.2 Å². The minimum absolute atomic E-state index is 0.0850. The van der Waals surface area contributed by atoms with Gasteiger partial charge in [0.25, 0.3) is 5.56 Å². The minimum atomic E-state index is -0.500. The molecule has 0 aliphatic carbocycles. The standard InChI is InChI=1S/C23H19N3O3/c1-15-8-11-21-25-18(12-22(27)26(21)13-15)14-29-23(28)19-9-10-20(24-16(19)2)17-6-4-3-5-7-17/h3-13H,14H2,1-2H3. The molecule has 1 aromatic carbocycles. The summed E-state index contributed by atoms with van der Waals surface area (Å²) in [7, 11) is 0. The van der Waals surface area contributed by atoms with Gasteiger partial charge in [-0.05, 0) is 37.6 Å². The normalized spacial score (nSPS) is 10.8. The molecule has 0 saturated heterocycles. The van der Waals surface area contributed by atoms with E-state index < -0.39 is 5.97 Å². The summed E-state index contributed by atoms with van der Waals surface area (Å²) in [5.41, 5.74) is 4.40. The first kappa shape index (κ1) is 18.6. The lowest BCUT2D eigenvalue weighted by Crippen LogP contribution is -2.17. The minimum Gasteiger partial charge on any atom is -0.456 e. The molecule has 4 rings (SSSR count). The molecule has 0 amide bonds. The molecule has 0 N–H and O–H groups in total. The second-order valence-corrected chi connectivity index (χ2v) is 6.79. The van der Waals surface area contributed by atoms with Gasteiger partial charge in [0, 0.05) is 17.8 Å². The van der Waals surface area contributed by atoms with E-state index in [0.717, 1.165) is 16.8 Å². The molecule has 0 aliphatic rings. The average Bonchev–Trinajstić information content (AvgIpc) is 2.73. The van der Waals surface area contributed by atoms with Crippen LogP contribution in [0.3, 0.4) is 0 Å². The van der Waals surface area contributed by atoms with E-state index in [1.807, 2.05) is 43.3 Å². The largest absolute Gasteiger partial charge is 0.456 e. The second kappa shape index (κ2) is 7.67. The third kappa shape index (κ3) is 3.91. The topological polar surface area (TPSA) is 73.6 Å². The first-order valence-electron chi connectivity index (χ1n) is 9.20. The molecule has 0 atom stereocenters. The fourth-order valence-electron chi connectivity index (χ4n) is 3.10. The number of carbonyl (C=O) groups excluding carboxylic acids is 1. The summed E-state index contributed by atoms with van der Waals surface area (Å²) in [5, 5.41) is 0. The number of aromatic nitrogens is 3. The predicted octanol–water partition coefficient (Wildman–Crippen LogP) is 3.73. The number of nitrogens with zero attached hydrogens (tertiary/aromatic N) is 3. The monoisotopic (exact) mass is 385 g/mol. The van der Waals surface area contributed by atoms with Gasteiger partial charge in [-0.2, -0.15) is 0 Å². The zero-order chi connectivity index (χ0) is 20.4. The summed E-state index contributed by atoms with van der Waals surface area (Å²) in [5.74, 6) is -0.500. The zero-order valence-corrected chi connectivity index (χ0v) is 16.1. The highest BCUT2D eigenvalue weighted by Gasteiger charge is 2.14. The predicted molar refractivity (Wildman–Crippen MR) is 110 cm³/mol. The Kier molecular flexibility index (Phi) is 4.91. The van der Waals surface area contributed by atoms with Crippen LogP contribution in [0.5, 0.6) is 0 Å². The zero-order valence-electron chi connectivity index (χ0n) is 16.1. The van der Waals surface area contributed by atoms with E-state index in [0.29, 0.717) is 22.6 Å². The van der Waals surface area contributed by atoms with Gasteiger partial charge in [0.2, 0.25) is 0 Å². The SMILES string of the molecule is Cc1ccc2nc(COC(=O)c3ccc(-c4ccccc4)nc3C)cc(=O)n2c1. The van der Waals surface area contributed by atoms with Crippen LogP contribution in [-0.2, 0) is 11.3 Å². The van der Waals surface area contributed by atoms with Gasteiger partial charge in [-0.15, -0.1) is 0 Å². The van der Waals surface area contributed by atoms with Gasteiger partial charge in [0.15, 0.2) is 0 Å². The fourth-order valence-corrected chi connectivity index (χ4v) is 3.10. The molecule has 0 unspecified atom stereocenters.